The van der Waals surface area contributed by atoms with Crippen LogP contribution in [0.4, 0.5) is 0 Å². The zero-order chi connectivity index (χ0) is 12.8. The van der Waals surface area contributed by atoms with Crippen LogP contribution in [0.2, 0.25) is 0 Å². The van der Waals surface area contributed by atoms with E-state index in [1.54, 1.807) is 7.05 Å². The predicted octanol–water partition coefficient (Wildman–Crippen LogP) is 1.73. The molecule has 0 aromatic rings. The number of carbonyl (C=O) groups is 1. The van der Waals surface area contributed by atoms with Crippen molar-refractivity contribution in [1.29, 1.82) is 0 Å². The van der Waals surface area contributed by atoms with Gasteiger partial charge in [0.25, 0.3) is 0 Å². The van der Waals surface area contributed by atoms with Gasteiger partial charge in [0.05, 0.1) is 11.2 Å². The van der Waals surface area contributed by atoms with Gasteiger partial charge in [-0.15, -0.1) is 0 Å². The lowest BCUT2D eigenvalue weighted by Crippen LogP contribution is -2.33. The maximum Gasteiger partial charge on any atom is 0.245 e. The number of ether oxygens (including phenoxy) is 2. The van der Waals surface area contributed by atoms with Crippen molar-refractivity contribution in [3.63, 3.8) is 0 Å². The van der Waals surface area contributed by atoms with Gasteiger partial charge in [-0.25, -0.2) is 0 Å². The lowest BCUT2D eigenvalue weighted by atomic mass is 10.1. The first-order valence-corrected chi connectivity index (χ1v) is 5.65. The quantitative estimate of drug-likeness (QED) is 0.757. The molecule has 0 unspecified atom stereocenters. The molecule has 0 fully saturated rings. The van der Waals surface area contributed by atoms with Crippen LogP contribution in [0.15, 0.2) is 0 Å². The molecule has 96 valence electrons. The highest BCUT2D eigenvalue weighted by Crippen LogP contribution is 2.16. The lowest BCUT2D eigenvalue weighted by molar-refractivity contribution is -0.133. The van der Waals surface area contributed by atoms with Gasteiger partial charge in [-0.3, -0.25) is 4.79 Å². The van der Waals surface area contributed by atoms with Crippen LogP contribution in [0.1, 0.15) is 41.0 Å². The number of hydrogen-bond donors (Lipinski definition) is 1. The third kappa shape index (κ3) is 8.68. The Labute approximate surface area is 98.7 Å². The Morgan fingerprint density at radius 3 is 2.12 bits per heavy atom. The van der Waals surface area contributed by atoms with E-state index < -0.39 is 0 Å². The fraction of sp³-hybridized carbons (Fsp3) is 0.917. The second kappa shape index (κ2) is 6.21. The van der Waals surface area contributed by atoms with Gasteiger partial charge in [-0.2, -0.15) is 0 Å². The normalized spacial score (nSPS) is 12.6. The van der Waals surface area contributed by atoms with Gasteiger partial charge in [-0.1, -0.05) is 0 Å². The molecule has 16 heavy (non-hydrogen) atoms. The van der Waals surface area contributed by atoms with Gasteiger partial charge in [0, 0.05) is 13.7 Å². The van der Waals surface area contributed by atoms with Crippen LogP contribution < -0.4 is 5.32 Å². The van der Waals surface area contributed by atoms with Crippen molar-refractivity contribution in [3.8, 4) is 0 Å². The molecule has 0 aliphatic rings. The van der Waals surface area contributed by atoms with Crippen molar-refractivity contribution in [2.75, 3.05) is 20.3 Å². The monoisotopic (exact) mass is 231 g/mol. The van der Waals surface area contributed by atoms with Crippen LogP contribution in [0, 0.1) is 0 Å². The number of amides is 1. The fourth-order valence-electron chi connectivity index (χ4n) is 1.01. The molecule has 0 radical (unpaired) electrons. The smallest absolute Gasteiger partial charge is 0.245 e. The molecular formula is C12H25NO3. The third-order valence-corrected chi connectivity index (χ3v) is 2.11. The van der Waals surface area contributed by atoms with Crippen LogP contribution in [-0.2, 0) is 14.3 Å². The summed E-state index contributed by atoms with van der Waals surface area (Å²) in [4.78, 5) is 11.0. The van der Waals surface area contributed by atoms with E-state index in [-0.39, 0.29) is 23.7 Å². The Kier molecular flexibility index (Phi) is 5.97. The highest BCUT2D eigenvalue weighted by Gasteiger charge is 2.21. The standard InChI is InChI=1S/C12H25NO3/c1-11(2,3)15-8-7-12(4,5)16-9-10(14)13-6/h7-9H2,1-6H3,(H,13,14). The summed E-state index contributed by atoms with van der Waals surface area (Å²) < 4.78 is 11.1. The first kappa shape index (κ1) is 15.4. The second-order valence-corrected chi connectivity index (χ2v) is 5.43. The summed E-state index contributed by atoms with van der Waals surface area (Å²) in [5, 5.41) is 2.52. The molecule has 0 aliphatic heterocycles. The van der Waals surface area contributed by atoms with Crippen molar-refractivity contribution < 1.29 is 14.3 Å². The van der Waals surface area contributed by atoms with Crippen molar-refractivity contribution >= 4 is 5.91 Å². The molecule has 0 saturated carbocycles. The lowest BCUT2D eigenvalue weighted by Gasteiger charge is -2.27. The van der Waals surface area contributed by atoms with Gasteiger partial charge >= 0.3 is 0 Å². The molecule has 4 heteroatoms. The summed E-state index contributed by atoms with van der Waals surface area (Å²) in [7, 11) is 1.60. The van der Waals surface area contributed by atoms with Gasteiger partial charge in [0.2, 0.25) is 5.91 Å². The fourth-order valence-corrected chi connectivity index (χ4v) is 1.01. The molecular weight excluding hydrogens is 206 g/mol. The molecule has 0 saturated heterocycles. The molecule has 1 amide bonds. The van der Waals surface area contributed by atoms with Gasteiger partial charge in [0.1, 0.15) is 6.61 Å². The van der Waals surface area contributed by atoms with Gasteiger partial charge in [0.15, 0.2) is 0 Å². The minimum absolute atomic E-state index is 0.0962. The van der Waals surface area contributed by atoms with E-state index in [0.717, 1.165) is 6.42 Å². The van der Waals surface area contributed by atoms with Gasteiger partial charge in [-0.05, 0) is 41.0 Å². The summed E-state index contributed by atoms with van der Waals surface area (Å²) in [6.07, 6.45) is 0.765. The molecule has 0 atom stereocenters. The Morgan fingerprint density at radius 2 is 1.69 bits per heavy atom. The van der Waals surface area contributed by atoms with Crippen molar-refractivity contribution in [2.24, 2.45) is 0 Å². The zero-order valence-electron chi connectivity index (χ0n) is 11.3. The first-order chi connectivity index (χ1) is 7.16. The van der Waals surface area contributed by atoms with E-state index >= 15 is 0 Å². The molecule has 0 aromatic heterocycles. The maximum absolute atomic E-state index is 11.0. The molecule has 1 N–H and O–H groups in total. The Balaban J connectivity index is 3.82. The van der Waals surface area contributed by atoms with Crippen molar-refractivity contribution in [3.05, 3.63) is 0 Å². The number of carbonyl (C=O) groups excluding carboxylic acids is 1. The Morgan fingerprint density at radius 1 is 1.12 bits per heavy atom. The van der Waals surface area contributed by atoms with Crippen molar-refractivity contribution in [1.82, 2.24) is 5.32 Å². The van der Waals surface area contributed by atoms with Crippen molar-refractivity contribution in [2.45, 2.75) is 52.2 Å². The zero-order valence-corrected chi connectivity index (χ0v) is 11.3. The Hall–Kier alpha value is -0.610. The average Bonchev–Trinajstić information content (AvgIpc) is 2.12. The Bertz CT molecular complexity index is 219. The first-order valence-electron chi connectivity index (χ1n) is 5.65. The molecule has 0 spiro atoms. The minimum Gasteiger partial charge on any atom is -0.376 e. The van der Waals surface area contributed by atoms with E-state index in [0.29, 0.717) is 6.61 Å². The summed E-state index contributed by atoms with van der Waals surface area (Å²) in [6, 6.07) is 0. The van der Waals surface area contributed by atoms with E-state index in [1.807, 2.05) is 34.6 Å². The largest absolute Gasteiger partial charge is 0.376 e. The summed E-state index contributed by atoms with van der Waals surface area (Å²) in [5.74, 6) is -0.107. The molecule has 0 rings (SSSR count). The highest BCUT2D eigenvalue weighted by molar-refractivity contribution is 5.76. The molecule has 0 heterocycles. The highest BCUT2D eigenvalue weighted by atomic mass is 16.5. The number of nitrogens with one attached hydrogen (secondary N) is 1. The van der Waals surface area contributed by atoms with E-state index in [9.17, 15) is 4.79 Å². The topological polar surface area (TPSA) is 47.6 Å². The molecule has 0 bridgehead atoms. The van der Waals surface area contributed by atoms with Crippen LogP contribution in [-0.4, -0.2) is 37.4 Å². The van der Waals surface area contributed by atoms with E-state index in [1.165, 1.54) is 0 Å². The number of rotatable bonds is 6. The van der Waals surface area contributed by atoms with Crippen LogP contribution in [0.25, 0.3) is 0 Å². The molecule has 0 aromatic carbocycles. The third-order valence-electron chi connectivity index (χ3n) is 2.11. The second-order valence-electron chi connectivity index (χ2n) is 5.43. The summed E-state index contributed by atoms with van der Waals surface area (Å²) in [6.45, 7) is 10.7. The number of likely N-dealkylation sites (N-methyl/N-ethyl adjacent to an activating group) is 1. The minimum atomic E-state index is -0.336. The molecule has 0 aliphatic carbocycles. The predicted molar refractivity (Wildman–Crippen MR) is 64.4 cm³/mol. The van der Waals surface area contributed by atoms with Crippen LogP contribution >= 0.6 is 0 Å². The van der Waals surface area contributed by atoms with Crippen LogP contribution in [0.3, 0.4) is 0 Å². The molecule has 4 nitrogen and oxygen atoms in total. The summed E-state index contributed by atoms with van der Waals surface area (Å²) >= 11 is 0. The van der Waals surface area contributed by atoms with Gasteiger partial charge < -0.3 is 14.8 Å². The average molecular weight is 231 g/mol. The SMILES string of the molecule is CNC(=O)COC(C)(C)CCOC(C)(C)C. The van der Waals surface area contributed by atoms with Crippen LogP contribution in [0.5, 0.6) is 0 Å². The maximum atomic E-state index is 11.0. The number of hydrogen-bond acceptors (Lipinski definition) is 3. The summed E-state index contributed by atoms with van der Waals surface area (Å²) in [5.41, 5.74) is -0.464. The van der Waals surface area contributed by atoms with E-state index in [4.69, 9.17) is 9.47 Å². The van der Waals surface area contributed by atoms with E-state index in [2.05, 4.69) is 5.32 Å².